The highest BCUT2D eigenvalue weighted by Crippen LogP contribution is 2.23. The number of halogens is 1. The highest BCUT2D eigenvalue weighted by molar-refractivity contribution is 6.30. The summed E-state index contributed by atoms with van der Waals surface area (Å²) in [7, 11) is 0. The summed E-state index contributed by atoms with van der Waals surface area (Å²) < 4.78 is 10.7. The predicted molar refractivity (Wildman–Crippen MR) is 72.1 cm³/mol. The summed E-state index contributed by atoms with van der Waals surface area (Å²) in [4.78, 5) is 4.24. The Kier molecular flexibility index (Phi) is 4.39. The van der Waals surface area contributed by atoms with Crippen molar-refractivity contribution in [2.24, 2.45) is 5.73 Å². The van der Waals surface area contributed by atoms with Crippen molar-refractivity contribution in [3.8, 4) is 5.75 Å². The van der Waals surface area contributed by atoms with E-state index in [1.807, 2.05) is 13.8 Å². The fraction of sp³-hybridized carbons (Fsp3) is 0.385. The molecule has 0 amide bonds. The minimum atomic E-state index is 0.205. The Morgan fingerprint density at radius 3 is 2.84 bits per heavy atom. The smallest absolute Gasteiger partial charge is 0.229 e. The molecular weight excluding hydrogens is 266 g/mol. The third kappa shape index (κ3) is 3.45. The van der Waals surface area contributed by atoms with Crippen LogP contribution < -0.4 is 10.5 Å². The maximum absolute atomic E-state index is 5.90. The Balaban J connectivity index is 2.05. The molecule has 0 saturated carbocycles. The number of nitrogens with two attached hydrogens (primary N) is 1. The van der Waals surface area contributed by atoms with Gasteiger partial charge in [0.05, 0.1) is 0 Å². The van der Waals surface area contributed by atoms with Crippen LogP contribution in [-0.4, -0.2) is 10.1 Å². The van der Waals surface area contributed by atoms with E-state index < -0.39 is 0 Å². The molecule has 0 atom stereocenters. The van der Waals surface area contributed by atoms with Crippen LogP contribution in [-0.2, 0) is 13.2 Å². The second-order valence-electron chi connectivity index (χ2n) is 4.45. The quantitative estimate of drug-likeness (QED) is 0.912. The van der Waals surface area contributed by atoms with E-state index in [1.165, 1.54) is 0 Å². The van der Waals surface area contributed by atoms with Gasteiger partial charge in [0, 0.05) is 23.0 Å². The van der Waals surface area contributed by atoms with E-state index in [9.17, 15) is 0 Å². The minimum absolute atomic E-state index is 0.205. The lowest BCUT2D eigenvalue weighted by Crippen LogP contribution is -2.03. The summed E-state index contributed by atoms with van der Waals surface area (Å²) in [6.07, 6.45) is 0. The zero-order valence-electron chi connectivity index (χ0n) is 10.9. The standard InChI is InChI=1S/C13H16ClN3O2/c1-8(2)13-16-12(17-19-13)7-18-11-4-3-10(14)5-9(11)6-15/h3-5,8H,6-7,15H2,1-2H3. The molecule has 2 N–H and O–H groups in total. The largest absolute Gasteiger partial charge is 0.485 e. The first-order chi connectivity index (χ1) is 9.10. The van der Waals surface area contributed by atoms with Gasteiger partial charge in [0.2, 0.25) is 11.7 Å². The number of rotatable bonds is 5. The van der Waals surface area contributed by atoms with Gasteiger partial charge in [-0.05, 0) is 18.2 Å². The molecule has 2 rings (SSSR count). The molecule has 0 saturated heterocycles. The number of hydrogen-bond donors (Lipinski definition) is 1. The molecule has 0 aliphatic carbocycles. The molecule has 1 aromatic heterocycles. The number of ether oxygens (including phenoxy) is 1. The second-order valence-corrected chi connectivity index (χ2v) is 4.88. The number of hydrogen-bond acceptors (Lipinski definition) is 5. The first-order valence-electron chi connectivity index (χ1n) is 6.04. The van der Waals surface area contributed by atoms with Gasteiger partial charge in [-0.1, -0.05) is 30.6 Å². The van der Waals surface area contributed by atoms with E-state index in [2.05, 4.69) is 10.1 Å². The van der Waals surface area contributed by atoms with Crippen LogP contribution in [0.15, 0.2) is 22.7 Å². The van der Waals surface area contributed by atoms with Crippen LogP contribution in [0.1, 0.15) is 37.0 Å². The van der Waals surface area contributed by atoms with Crippen molar-refractivity contribution in [2.75, 3.05) is 0 Å². The van der Waals surface area contributed by atoms with E-state index >= 15 is 0 Å². The SMILES string of the molecule is CC(C)c1nc(COc2ccc(Cl)cc2CN)no1. The zero-order valence-corrected chi connectivity index (χ0v) is 11.6. The van der Waals surface area contributed by atoms with Gasteiger partial charge in [-0.2, -0.15) is 4.98 Å². The fourth-order valence-electron chi connectivity index (χ4n) is 1.55. The fourth-order valence-corrected chi connectivity index (χ4v) is 1.75. The van der Waals surface area contributed by atoms with Crippen LogP contribution in [0.5, 0.6) is 5.75 Å². The molecule has 0 bridgehead atoms. The van der Waals surface area contributed by atoms with Crippen LogP contribution in [0.2, 0.25) is 5.02 Å². The normalized spacial score (nSPS) is 11.0. The molecule has 19 heavy (non-hydrogen) atoms. The number of aromatic nitrogens is 2. The average molecular weight is 282 g/mol. The third-order valence-electron chi connectivity index (χ3n) is 2.58. The molecule has 1 aromatic carbocycles. The molecule has 0 aliphatic rings. The monoisotopic (exact) mass is 281 g/mol. The van der Waals surface area contributed by atoms with Crippen LogP contribution in [0, 0.1) is 0 Å². The van der Waals surface area contributed by atoms with Gasteiger partial charge in [0.25, 0.3) is 0 Å². The Labute approximate surface area is 116 Å². The number of benzene rings is 1. The van der Waals surface area contributed by atoms with Gasteiger partial charge in [-0.25, -0.2) is 0 Å². The molecular formula is C13H16ClN3O2. The maximum Gasteiger partial charge on any atom is 0.229 e. The molecule has 102 valence electrons. The van der Waals surface area contributed by atoms with Gasteiger partial charge >= 0.3 is 0 Å². The van der Waals surface area contributed by atoms with Crippen LogP contribution >= 0.6 is 11.6 Å². The van der Waals surface area contributed by atoms with E-state index in [-0.39, 0.29) is 12.5 Å². The second kappa shape index (κ2) is 6.04. The zero-order chi connectivity index (χ0) is 13.8. The Bertz CT molecular complexity index is 555. The summed E-state index contributed by atoms with van der Waals surface area (Å²) in [5.41, 5.74) is 6.49. The molecule has 5 nitrogen and oxygen atoms in total. The van der Waals surface area contributed by atoms with Crippen molar-refractivity contribution in [3.63, 3.8) is 0 Å². The maximum atomic E-state index is 5.90. The van der Waals surface area contributed by atoms with E-state index in [4.69, 9.17) is 26.6 Å². The van der Waals surface area contributed by atoms with Gasteiger partial charge in [0.15, 0.2) is 6.61 Å². The first kappa shape index (κ1) is 13.8. The van der Waals surface area contributed by atoms with Crippen molar-refractivity contribution in [1.29, 1.82) is 0 Å². The lowest BCUT2D eigenvalue weighted by Gasteiger charge is -2.08. The summed E-state index contributed by atoms with van der Waals surface area (Å²) in [6, 6.07) is 5.33. The molecule has 0 unspecified atom stereocenters. The Morgan fingerprint density at radius 2 is 2.21 bits per heavy atom. The van der Waals surface area contributed by atoms with Gasteiger partial charge in [-0.15, -0.1) is 0 Å². The highest BCUT2D eigenvalue weighted by Gasteiger charge is 2.11. The molecule has 1 heterocycles. The van der Waals surface area contributed by atoms with Gasteiger partial charge < -0.3 is 15.0 Å². The van der Waals surface area contributed by atoms with Crippen molar-refractivity contribution in [1.82, 2.24) is 10.1 Å². The first-order valence-corrected chi connectivity index (χ1v) is 6.41. The van der Waals surface area contributed by atoms with Crippen molar-refractivity contribution >= 4 is 11.6 Å². The minimum Gasteiger partial charge on any atom is -0.485 e. The van der Waals surface area contributed by atoms with E-state index in [0.29, 0.717) is 29.0 Å². The molecule has 0 aliphatic heterocycles. The highest BCUT2D eigenvalue weighted by atomic mass is 35.5. The van der Waals surface area contributed by atoms with Crippen molar-refractivity contribution in [2.45, 2.75) is 32.9 Å². The van der Waals surface area contributed by atoms with Crippen LogP contribution in [0.25, 0.3) is 0 Å². The molecule has 0 radical (unpaired) electrons. The Hall–Kier alpha value is -1.59. The van der Waals surface area contributed by atoms with Gasteiger partial charge in [0.1, 0.15) is 5.75 Å². The molecule has 6 heteroatoms. The number of nitrogens with zero attached hydrogens (tertiary/aromatic N) is 2. The molecule has 2 aromatic rings. The predicted octanol–water partition coefficient (Wildman–Crippen LogP) is 2.88. The summed E-state index contributed by atoms with van der Waals surface area (Å²) >= 11 is 5.90. The van der Waals surface area contributed by atoms with Crippen molar-refractivity contribution < 1.29 is 9.26 Å². The summed E-state index contributed by atoms with van der Waals surface area (Å²) in [6.45, 7) is 4.58. The average Bonchev–Trinajstić information content (AvgIpc) is 2.86. The van der Waals surface area contributed by atoms with Gasteiger partial charge in [-0.3, -0.25) is 0 Å². The van der Waals surface area contributed by atoms with Crippen LogP contribution in [0.3, 0.4) is 0 Å². The summed E-state index contributed by atoms with van der Waals surface area (Å²) in [5.74, 6) is 2.01. The summed E-state index contributed by atoms with van der Waals surface area (Å²) in [5, 5.41) is 4.49. The van der Waals surface area contributed by atoms with E-state index in [0.717, 1.165) is 5.56 Å². The lowest BCUT2D eigenvalue weighted by atomic mass is 10.2. The molecule has 0 fully saturated rings. The third-order valence-corrected chi connectivity index (χ3v) is 2.81. The lowest BCUT2D eigenvalue weighted by molar-refractivity contribution is 0.282. The topological polar surface area (TPSA) is 74.2 Å². The van der Waals surface area contributed by atoms with Crippen LogP contribution in [0.4, 0.5) is 0 Å². The van der Waals surface area contributed by atoms with E-state index in [1.54, 1.807) is 18.2 Å². The van der Waals surface area contributed by atoms with Crippen molar-refractivity contribution in [3.05, 3.63) is 40.5 Å². The Morgan fingerprint density at radius 1 is 1.42 bits per heavy atom. The molecule has 0 spiro atoms.